The van der Waals surface area contributed by atoms with E-state index in [1.54, 1.807) is 18.4 Å². The van der Waals surface area contributed by atoms with Gasteiger partial charge in [0.05, 0.1) is 6.04 Å². The SMILES string of the molecule is CCc1cnc(C(C)Nc2nc(Cl)nc(NC)n2)s1. The zero-order valence-corrected chi connectivity index (χ0v) is 12.5. The Morgan fingerprint density at radius 2 is 2.05 bits per heavy atom. The van der Waals surface area contributed by atoms with Crippen LogP contribution in [0.3, 0.4) is 0 Å². The highest BCUT2D eigenvalue weighted by Crippen LogP contribution is 2.23. The van der Waals surface area contributed by atoms with Gasteiger partial charge in [0.2, 0.25) is 17.2 Å². The minimum Gasteiger partial charge on any atom is -0.357 e. The van der Waals surface area contributed by atoms with Crippen molar-refractivity contribution in [2.45, 2.75) is 26.3 Å². The van der Waals surface area contributed by atoms with Gasteiger partial charge in [-0.25, -0.2) is 4.98 Å². The third-order valence-corrected chi connectivity index (χ3v) is 3.96. The van der Waals surface area contributed by atoms with E-state index in [9.17, 15) is 0 Å². The molecule has 0 spiro atoms. The minimum absolute atomic E-state index is 0.0217. The fourth-order valence-corrected chi connectivity index (χ4v) is 2.49. The van der Waals surface area contributed by atoms with Crippen LogP contribution < -0.4 is 10.6 Å². The van der Waals surface area contributed by atoms with Crippen molar-refractivity contribution in [3.63, 3.8) is 0 Å². The molecule has 2 rings (SSSR count). The van der Waals surface area contributed by atoms with Crippen LogP contribution in [0, 0.1) is 0 Å². The molecule has 0 radical (unpaired) electrons. The second-order valence-corrected chi connectivity index (χ2v) is 5.37. The number of thiazole rings is 1. The Bertz CT molecular complexity index is 558. The summed E-state index contributed by atoms with van der Waals surface area (Å²) in [4.78, 5) is 17.8. The van der Waals surface area contributed by atoms with E-state index in [1.165, 1.54) is 4.88 Å². The molecular formula is C11H15ClN6S. The van der Waals surface area contributed by atoms with E-state index in [1.807, 2.05) is 13.1 Å². The number of rotatable bonds is 5. The Morgan fingerprint density at radius 1 is 1.32 bits per heavy atom. The summed E-state index contributed by atoms with van der Waals surface area (Å²) in [6.07, 6.45) is 2.89. The summed E-state index contributed by atoms with van der Waals surface area (Å²) in [5.41, 5.74) is 0. The number of hydrogen-bond acceptors (Lipinski definition) is 7. The average Bonchev–Trinajstić information content (AvgIpc) is 2.86. The van der Waals surface area contributed by atoms with Crippen molar-refractivity contribution in [1.29, 1.82) is 0 Å². The summed E-state index contributed by atoms with van der Waals surface area (Å²) < 4.78 is 0. The maximum absolute atomic E-state index is 5.83. The standard InChI is InChI=1S/C11H15ClN6S/c1-4-7-5-14-8(19-7)6(2)15-11-17-9(12)16-10(13-3)18-11/h5-6H,4H2,1-3H3,(H2,13,15,16,17,18). The van der Waals surface area contributed by atoms with E-state index in [4.69, 9.17) is 11.6 Å². The van der Waals surface area contributed by atoms with Crippen molar-refractivity contribution in [2.75, 3.05) is 17.7 Å². The molecule has 2 heterocycles. The van der Waals surface area contributed by atoms with E-state index in [2.05, 4.69) is 37.5 Å². The van der Waals surface area contributed by atoms with Gasteiger partial charge < -0.3 is 10.6 Å². The molecule has 8 heteroatoms. The van der Waals surface area contributed by atoms with Gasteiger partial charge in [0.25, 0.3) is 0 Å². The molecule has 2 aromatic rings. The predicted molar refractivity (Wildman–Crippen MR) is 77.9 cm³/mol. The number of anilines is 2. The Balaban J connectivity index is 2.13. The zero-order valence-electron chi connectivity index (χ0n) is 10.9. The molecule has 0 aliphatic rings. The van der Waals surface area contributed by atoms with Gasteiger partial charge >= 0.3 is 0 Å². The van der Waals surface area contributed by atoms with Crippen molar-refractivity contribution in [3.8, 4) is 0 Å². The maximum atomic E-state index is 5.83. The average molecular weight is 299 g/mol. The van der Waals surface area contributed by atoms with Crippen LogP contribution >= 0.6 is 22.9 Å². The van der Waals surface area contributed by atoms with Crippen LogP contribution in [0.4, 0.5) is 11.9 Å². The van der Waals surface area contributed by atoms with E-state index in [-0.39, 0.29) is 11.3 Å². The van der Waals surface area contributed by atoms with Crippen molar-refractivity contribution in [2.24, 2.45) is 0 Å². The minimum atomic E-state index is 0.0217. The molecule has 102 valence electrons. The number of aromatic nitrogens is 4. The Morgan fingerprint density at radius 3 is 2.68 bits per heavy atom. The van der Waals surface area contributed by atoms with Crippen LogP contribution in [0.25, 0.3) is 0 Å². The molecule has 0 fully saturated rings. The maximum Gasteiger partial charge on any atom is 0.229 e. The Hall–Kier alpha value is -1.47. The lowest BCUT2D eigenvalue weighted by molar-refractivity contribution is 0.843. The van der Waals surface area contributed by atoms with Gasteiger partial charge in [-0.05, 0) is 24.9 Å². The lowest BCUT2D eigenvalue weighted by Gasteiger charge is -2.11. The second kappa shape index (κ2) is 6.12. The molecule has 0 aliphatic heterocycles. The van der Waals surface area contributed by atoms with Crippen LogP contribution in [0.1, 0.15) is 29.8 Å². The fraction of sp³-hybridized carbons (Fsp3) is 0.455. The quantitative estimate of drug-likeness (QED) is 0.884. The largest absolute Gasteiger partial charge is 0.357 e. The third-order valence-electron chi connectivity index (χ3n) is 2.47. The Kier molecular flexibility index (Phi) is 4.49. The number of hydrogen-bond donors (Lipinski definition) is 2. The summed E-state index contributed by atoms with van der Waals surface area (Å²) in [7, 11) is 1.73. The summed E-state index contributed by atoms with van der Waals surface area (Å²) in [6.45, 7) is 4.12. The van der Waals surface area contributed by atoms with Crippen molar-refractivity contribution in [1.82, 2.24) is 19.9 Å². The van der Waals surface area contributed by atoms with Gasteiger partial charge in [0, 0.05) is 18.1 Å². The summed E-state index contributed by atoms with van der Waals surface area (Å²) >= 11 is 7.51. The number of nitrogens with one attached hydrogen (secondary N) is 2. The lowest BCUT2D eigenvalue weighted by Crippen LogP contribution is -2.11. The second-order valence-electron chi connectivity index (χ2n) is 3.89. The van der Waals surface area contributed by atoms with E-state index >= 15 is 0 Å². The van der Waals surface area contributed by atoms with Gasteiger partial charge in [-0.3, -0.25) is 0 Å². The summed E-state index contributed by atoms with van der Waals surface area (Å²) in [5.74, 6) is 0.869. The van der Waals surface area contributed by atoms with Crippen LogP contribution in [0.2, 0.25) is 5.28 Å². The number of nitrogens with zero attached hydrogens (tertiary/aromatic N) is 4. The number of halogens is 1. The molecule has 2 N–H and O–H groups in total. The molecule has 0 amide bonds. The first-order valence-electron chi connectivity index (χ1n) is 5.92. The molecule has 1 atom stereocenters. The molecule has 0 saturated heterocycles. The monoisotopic (exact) mass is 298 g/mol. The van der Waals surface area contributed by atoms with E-state index < -0.39 is 0 Å². The van der Waals surface area contributed by atoms with Gasteiger partial charge in [-0.2, -0.15) is 15.0 Å². The van der Waals surface area contributed by atoms with Crippen LogP contribution in [0.5, 0.6) is 0 Å². The molecule has 2 aromatic heterocycles. The first-order valence-corrected chi connectivity index (χ1v) is 7.12. The molecule has 0 bridgehead atoms. The van der Waals surface area contributed by atoms with Crippen molar-refractivity contribution in [3.05, 3.63) is 21.4 Å². The number of aryl methyl sites for hydroxylation is 1. The van der Waals surface area contributed by atoms with E-state index in [0.717, 1.165) is 11.4 Å². The van der Waals surface area contributed by atoms with Gasteiger partial charge in [0.15, 0.2) is 0 Å². The summed E-state index contributed by atoms with van der Waals surface area (Å²) in [6, 6.07) is 0.0217. The van der Waals surface area contributed by atoms with Crippen molar-refractivity contribution < 1.29 is 0 Å². The lowest BCUT2D eigenvalue weighted by atomic mass is 10.3. The molecule has 0 aliphatic carbocycles. The topological polar surface area (TPSA) is 75.6 Å². The first-order chi connectivity index (χ1) is 9.12. The highest BCUT2D eigenvalue weighted by Gasteiger charge is 2.12. The molecule has 0 saturated carbocycles. The molecule has 0 aromatic carbocycles. The zero-order chi connectivity index (χ0) is 13.8. The highest BCUT2D eigenvalue weighted by molar-refractivity contribution is 7.11. The third kappa shape index (κ3) is 3.51. The molecule has 19 heavy (non-hydrogen) atoms. The van der Waals surface area contributed by atoms with Crippen molar-refractivity contribution >= 4 is 34.8 Å². The van der Waals surface area contributed by atoms with Gasteiger partial charge in [0.1, 0.15) is 5.01 Å². The van der Waals surface area contributed by atoms with Gasteiger partial charge in [-0.15, -0.1) is 11.3 Å². The van der Waals surface area contributed by atoms with Crippen LogP contribution in [0.15, 0.2) is 6.20 Å². The summed E-state index contributed by atoms with van der Waals surface area (Å²) in [5, 5.41) is 7.16. The molecule has 6 nitrogen and oxygen atoms in total. The fourth-order valence-electron chi connectivity index (χ4n) is 1.47. The van der Waals surface area contributed by atoms with Crippen LogP contribution in [-0.4, -0.2) is 27.0 Å². The smallest absolute Gasteiger partial charge is 0.229 e. The Labute approximate surface area is 120 Å². The normalized spacial score (nSPS) is 12.2. The highest BCUT2D eigenvalue weighted by atomic mass is 35.5. The van der Waals surface area contributed by atoms with Crippen LogP contribution in [-0.2, 0) is 6.42 Å². The molecule has 1 unspecified atom stereocenters. The predicted octanol–water partition coefficient (Wildman–Crippen LogP) is 2.76. The first kappa shape index (κ1) is 14.0. The molecular weight excluding hydrogens is 284 g/mol. The van der Waals surface area contributed by atoms with E-state index in [0.29, 0.717) is 11.9 Å². The van der Waals surface area contributed by atoms with Gasteiger partial charge in [-0.1, -0.05) is 6.92 Å².